The van der Waals surface area contributed by atoms with Gasteiger partial charge in [0.2, 0.25) is 0 Å². The van der Waals surface area contributed by atoms with Crippen molar-refractivity contribution >= 4 is 0 Å². The van der Waals surface area contributed by atoms with Crippen molar-refractivity contribution < 1.29 is 0 Å². The van der Waals surface area contributed by atoms with Gasteiger partial charge in [-0.3, -0.25) is 4.90 Å². The molecule has 0 bridgehead atoms. The van der Waals surface area contributed by atoms with Crippen LogP contribution in [0.2, 0.25) is 0 Å². The van der Waals surface area contributed by atoms with Crippen molar-refractivity contribution in [3.63, 3.8) is 0 Å². The fourth-order valence-corrected chi connectivity index (χ4v) is 3.38. The van der Waals surface area contributed by atoms with Crippen molar-refractivity contribution in [1.82, 2.24) is 4.90 Å². The van der Waals surface area contributed by atoms with E-state index in [0.29, 0.717) is 12.1 Å². The van der Waals surface area contributed by atoms with E-state index in [0.717, 1.165) is 6.54 Å². The quantitative estimate of drug-likeness (QED) is 0.606. The Kier molecular flexibility index (Phi) is 6.67. The number of nitrogens with zero attached hydrogens (tertiary/aromatic N) is 1. The summed E-state index contributed by atoms with van der Waals surface area (Å²) in [6, 6.07) is 22.9. The lowest BCUT2D eigenvalue weighted by Crippen LogP contribution is -2.39. The molecular weight excluding hydrogens is 266 g/mol. The minimum absolute atomic E-state index is 0.354. The molecule has 0 heterocycles. The summed E-state index contributed by atoms with van der Waals surface area (Å²) in [5.41, 5.74) is 2.79. The molecule has 0 saturated heterocycles. The van der Waals surface area contributed by atoms with Crippen LogP contribution in [-0.4, -0.2) is 17.5 Å². The molecule has 1 nitrogen and oxygen atoms in total. The van der Waals surface area contributed by atoms with E-state index in [2.05, 4.69) is 86.3 Å². The Morgan fingerprint density at radius 1 is 0.727 bits per heavy atom. The number of hydrogen-bond donors (Lipinski definition) is 0. The largest absolute Gasteiger partial charge is 0.289 e. The van der Waals surface area contributed by atoms with E-state index in [4.69, 9.17) is 0 Å². The first-order valence-corrected chi connectivity index (χ1v) is 8.67. The molecule has 0 aliphatic heterocycles. The van der Waals surface area contributed by atoms with Crippen LogP contribution in [-0.2, 0) is 0 Å². The van der Waals surface area contributed by atoms with Crippen molar-refractivity contribution in [2.45, 2.75) is 52.1 Å². The smallest absolute Gasteiger partial charge is 0.0604 e. The summed E-state index contributed by atoms with van der Waals surface area (Å²) in [6.45, 7) is 8.04. The van der Waals surface area contributed by atoms with Gasteiger partial charge in [-0.2, -0.15) is 0 Å². The SMILES string of the molecule is CCCN(C(CC)CC)C(c1ccccc1)c1ccccc1. The number of benzene rings is 2. The summed E-state index contributed by atoms with van der Waals surface area (Å²) in [4.78, 5) is 2.70. The van der Waals surface area contributed by atoms with E-state index in [1.54, 1.807) is 0 Å². The van der Waals surface area contributed by atoms with Crippen LogP contribution in [0.4, 0.5) is 0 Å². The molecule has 2 aromatic rings. The maximum absolute atomic E-state index is 2.70. The fraction of sp³-hybridized carbons (Fsp3) is 0.429. The molecule has 2 aromatic carbocycles. The molecule has 0 atom stereocenters. The van der Waals surface area contributed by atoms with Gasteiger partial charge in [0, 0.05) is 6.04 Å². The van der Waals surface area contributed by atoms with Crippen LogP contribution in [0.1, 0.15) is 57.2 Å². The first-order chi connectivity index (χ1) is 10.8. The topological polar surface area (TPSA) is 3.24 Å². The van der Waals surface area contributed by atoms with Crippen LogP contribution < -0.4 is 0 Å². The minimum Gasteiger partial charge on any atom is -0.289 e. The first-order valence-electron chi connectivity index (χ1n) is 8.67. The lowest BCUT2D eigenvalue weighted by Gasteiger charge is -2.38. The summed E-state index contributed by atoms with van der Waals surface area (Å²) in [5.74, 6) is 0. The van der Waals surface area contributed by atoms with Crippen LogP contribution in [0.5, 0.6) is 0 Å². The molecule has 0 aromatic heterocycles. The van der Waals surface area contributed by atoms with Gasteiger partial charge in [-0.25, -0.2) is 0 Å². The van der Waals surface area contributed by atoms with E-state index in [9.17, 15) is 0 Å². The van der Waals surface area contributed by atoms with E-state index in [-0.39, 0.29) is 0 Å². The Bertz CT molecular complexity index is 477. The van der Waals surface area contributed by atoms with Crippen LogP contribution in [0.15, 0.2) is 60.7 Å². The predicted octanol–water partition coefficient (Wildman–Crippen LogP) is 5.68. The summed E-state index contributed by atoms with van der Waals surface area (Å²) in [5, 5.41) is 0. The van der Waals surface area contributed by atoms with Gasteiger partial charge in [-0.05, 0) is 36.9 Å². The van der Waals surface area contributed by atoms with Crippen LogP contribution in [0, 0.1) is 0 Å². The van der Waals surface area contributed by atoms with Crippen molar-refractivity contribution in [3.05, 3.63) is 71.8 Å². The summed E-state index contributed by atoms with van der Waals surface area (Å²) in [7, 11) is 0. The third-order valence-corrected chi connectivity index (χ3v) is 4.46. The molecule has 0 aliphatic rings. The third kappa shape index (κ3) is 3.98. The van der Waals surface area contributed by atoms with Crippen LogP contribution >= 0.6 is 0 Å². The van der Waals surface area contributed by atoms with Gasteiger partial charge in [-0.1, -0.05) is 81.4 Å². The highest BCUT2D eigenvalue weighted by Crippen LogP contribution is 2.32. The molecule has 0 radical (unpaired) electrons. The highest BCUT2D eigenvalue weighted by atomic mass is 15.2. The Labute approximate surface area is 136 Å². The van der Waals surface area contributed by atoms with E-state index in [1.165, 1.54) is 30.4 Å². The van der Waals surface area contributed by atoms with Gasteiger partial charge in [-0.15, -0.1) is 0 Å². The van der Waals surface area contributed by atoms with E-state index in [1.807, 2.05) is 0 Å². The number of rotatable bonds is 8. The Balaban J connectivity index is 2.46. The molecule has 0 aliphatic carbocycles. The van der Waals surface area contributed by atoms with Gasteiger partial charge < -0.3 is 0 Å². The molecule has 0 unspecified atom stereocenters. The summed E-state index contributed by atoms with van der Waals surface area (Å²) >= 11 is 0. The highest BCUT2D eigenvalue weighted by molar-refractivity contribution is 5.32. The van der Waals surface area contributed by atoms with Gasteiger partial charge >= 0.3 is 0 Å². The second-order valence-electron chi connectivity index (χ2n) is 5.93. The van der Waals surface area contributed by atoms with E-state index >= 15 is 0 Å². The van der Waals surface area contributed by atoms with Crippen LogP contribution in [0.3, 0.4) is 0 Å². The molecule has 22 heavy (non-hydrogen) atoms. The maximum atomic E-state index is 2.70. The Morgan fingerprint density at radius 2 is 1.18 bits per heavy atom. The van der Waals surface area contributed by atoms with Crippen molar-refractivity contribution in [1.29, 1.82) is 0 Å². The monoisotopic (exact) mass is 295 g/mol. The highest BCUT2D eigenvalue weighted by Gasteiger charge is 2.26. The van der Waals surface area contributed by atoms with Gasteiger partial charge in [0.05, 0.1) is 6.04 Å². The lowest BCUT2D eigenvalue weighted by atomic mass is 9.94. The molecule has 0 amide bonds. The molecule has 118 valence electrons. The summed E-state index contributed by atoms with van der Waals surface area (Å²) < 4.78 is 0. The zero-order valence-corrected chi connectivity index (χ0v) is 14.2. The van der Waals surface area contributed by atoms with Gasteiger partial charge in [0.1, 0.15) is 0 Å². The molecule has 0 fully saturated rings. The average molecular weight is 295 g/mol. The zero-order chi connectivity index (χ0) is 15.8. The van der Waals surface area contributed by atoms with Gasteiger partial charge in [0.15, 0.2) is 0 Å². The normalized spacial score (nSPS) is 11.5. The molecule has 1 heteroatoms. The average Bonchev–Trinajstić information content (AvgIpc) is 2.58. The summed E-state index contributed by atoms with van der Waals surface area (Å²) in [6.07, 6.45) is 3.59. The molecule has 2 rings (SSSR count). The lowest BCUT2D eigenvalue weighted by molar-refractivity contribution is 0.146. The first kappa shape index (κ1) is 16.8. The molecular formula is C21H29N. The van der Waals surface area contributed by atoms with Crippen LogP contribution in [0.25, 0.3) is 0 Å². The van der Waals surface area contributed by atoms with Gasteiger partial charge in [0.25, 0.3) is 0 Å². The molecule has 0 spiro atoms. The van der Waals surface area contributed by atoms with E-state index < -0.39 is 0 Å². The number of hydrogen-bond acceptors (Lipinski definition) is 1. The Hall–Kier alpha value is -1.60. The second kappa shape index (κ2) is 8.75. The fourth-order valence-electron chi connectivity index (χ4n) is 3.38. The zero-order valence-electron chi connectivity index (χ0n) is 14.2. The van der Waals surface area contributed by atoms with Crippen molar-refractivity contribution in [2.75, 3.05) is 6.54 Å². The predicted molar refractivity (Wildman–Crippen MR) is 96.1 cm³/mol. The molecule has 0 saturated carbocycles. The van der Waals surface area contributed by atoms with Crippen molar-refractivity contribution in [2.24, 2.45) is 0 Å². The third-order valence-electron chi connectivity index (χ3n) is 4.46. The molecule has 0 N–H and O–H groups in total. The second-order valence-corrected chi connectivity index (χ2v) is 5.93. The maximum Gasteiger partial charge on any atom is 0.0604 e. The van der Waals surface area contributed by atoms with Crippen molar-refractivity contribution in [3.8, 4) is 0 Å². The minimum atomic E-state index is 0.354. The standard InChI is InChI=1S/C21H29N/c1-4-17-22(20(5-2)6-3)21(18-13-9-7-10-14-18)19-15-11-8-12-16-19/h7-16,20-21H,4-6,17H2,1-3H3. The Morgan fingerprint density at radius 3 is 1.55 bits per heavy atom.